The molecular weight excluding hydrogens is 468 g/mol. The topological polar surface area (TPSA) is 105 Å². The molecule has 2 aliphatic heterocycles. The van der Waals surface area contributed by atoms with Crippen LogP contribution in [0.1, 0.15) is 31.7 Å². The minimum absolute atomic E-state index is 0.0305. The molecule has 2 aromatic rings. The van der Waals surface area contributed by atoms with Crippen LogP contribution in [0, 0.1) is 24.5 Å². The van der Waals surface area contributed by atoms with Gasteiger partial charge in [-0.15, -0.1) is 0 Å². The second-order valence-electron chi connectivity index (χ2n) is 8.43. The molecule has 4 rings (SSSR count). The van der Waals surface area contributed by atoms with E-state index in [1.54, 1.807) is 19.9 Å². The van der Waals surface area contributed by atoms with Crippen molar-refractivity contribution in [2.45, 2.75) is 44.1 Å². The van der Waals surface area contributed by atoms with Crippen molar-refractivity contribution in [2.75, 3.05) is 23.7 Å². The van der Waals surface area contributed by atoms with Crippen molar-refractivity contribution in [3.05, 3.63) is 47.5 Å². The van der Waals surface area contributed by atoms with E-state index in [9.17, 15) is 26.8 Å². The van der Waals surface area contributed by atoms with E-state index in [4.69, 9.17) is 4.74 Å². The molecule has 0 aromatic heterocycles. The summed E-state index contributed by atoms with van der Waals surface area (Å²) in [5, 5.41) is 5.16. The lowest BCUT2D eigenvalue weighted by atomic mass is 9.98. The molecule has 2 amide bonds. The van der Waals surface area contributed by atoms with E-state index < -0.39 is 39.6 Å². The van der Waals surface area contributed by atoms with E-state index in [1.807, 2.05) is 0 Å². The number of hydrogen-bond acceptors (Lipinski definition) is 5. The lowest BCUT2D eigenvalue weighted by Crippen LogP contribution is -2.44. The first kappa shape index (κ1) is 24.1. The van der Waals surface area contributed by atoms with Crippen molar-refractivity contribution in [3.63, 3.8) is 0 Å². The molecule has 2 atom stereocenters. The highest BCUT2D eigenvalue weighted by molar-refractivity contribution is 7.89. The van der Waals surface area contributed by atoms with Crippen molar-refractivity contribution < 1.29 is 31.5 Å². The maximum absolute atomic E-state index is 13.9. The molecule has 0 saturated carbocycles. The number of aryl methyl sites for hydroxylation is 1. The molecule has 0 radical (unpaired) electrons. The molecule has 1 saturated heterocycles. The van der Waals surface area contributed by atoms with Gasteiger partial charge in [0.15, 0.2) is 6.10 Å². The Morgan fingerprint density at radius 2 is 2.03 bits per heavy atom. The Bertz CT molecular complexity index is 1250. The number of fused-ring (bicyclic) bond motifs is 1. The highest BCUT2D eigenvalue weighted by Crippen LogP contribution is 2.36. The maximum atomic E-state index is 13.9. The Morgan fingerprint density at radius 3 is 2.74 bits per heavy atom. The van der Waals surface area contributed by atoms with Crippen LogP contribution >= 0.6 is 0 Å². The van der Waals surface area contributed by atoms with E-state index >= 15 is 0 Å². The minimum Gasteiger partial charge on any atom is -0.478 e. The highest BCUT2D eigenvalue weighted by atomic mass is 32.2. The number of ether oxygens (including phenoxy) is 1. The Kier molecular flexibility index (Phi) is 6.59. The molecule has 2 aliphatic rings. The van der Waals surface area contributed by atoms with Gasteiger partial charge in [-0.25, -0.2) is 17.2 Å². The molecule has 11 heteroatoms. The lowest BCUT2D eigenvalue weighted by Gasteiger charge is -2.32. The molecule has 2 heterocycles. The number of benzene rings is 2. The predicted octanol–water partition coefficient (Wildman–Crippen LogP) is 3.42. The normalized spacial score (nSPS) is 20.8. The van der Waals surface area contributed by atoms with Crippen LogP contribution < -0.4 is 15.4 Å². The molecule has 182 valence electrons. The summed E-state index contributed by atoms with van der Waals surface area (Å²) < 4.78 is 60.9. The Morgan fingerprint density at radius 1 is 1.26 bits per heavy atom. The van der Waals surface area contributed by atoms with Gasteiger partial charge in [0.1, 0.15) is 17.4 Å². The summed E-state index contributed by atoms with van der Waals surface area (Å²) in [6, 6.07) is 5.78. The van der Waals surface area contributed by atoms with Crippen molar-refractivity contribution >= 4 is 33.2 Å². The second-order valence-corrected chi connectivity index (χ2v) is 10.3. The van der Waals surface area contributed by atoms with Gasteiger partial charge in [-0.05, 0) is 49.9 Å². The first-order chi connectivity index (χ1) is 16.1. The molecule has 8 nitrogen and oxygen atoms in total. The van der Waals surface area contributed by atoms with Crippen LogP contribution in [0.3, 0.4) is 0 Å². The summed E-state index contributed by atoms with van der Waals surface area (Å²) in [5.74, 6) is -2.92. The highest BCUT2D eigenvalue weighted by Gasteiger charge is 2.36. The number of carbonyl (C=O) groups excluding carboxylic acids is 2. The Hall–Kier alpha value is -3.05. The third kappa shape index (κ3) is 4.62. The Balaban J connectivity index is 1.55. The van der Waals surface area contributed by atoms with Crippen molar-refractivity contribution in [1.29, 1.82) is 0 Å². The molecule has 0 unspecified atom stereocenters. The molecule has 34 heavy (non-hydrogen) atoms. The quantitative estimate of drug-likeness (QED) is 0.664. The smallest absolute Gasteiger partial charge is 0.265 e. The standard InChI is InChI=1S/C23H25F2N3O5S/c1-3-19-23(30)27-18-9-13(2)21(11-20(18)33-19)34(31,32)28-8-4-5-14(12-28)22(29)26-17-7-6-15(24)10-16(17)25/h6-7,9-11,14,19H,3-5,8,12H2,1-2H3,(H,26,29)(H,27,30)/t14-,19+/m1/s1. The number of rotatable bonds is 5. The molecule has 0 bridgehead atoms. The van der Waals surface area contributed by atoms with Gasteiger partial charge in [-0.2, -0.15) is 4.31 Å². The average molecular weight is 494 g/mol. The van der Waals surface area contributed by atoms with E-state index in [1.165, 1.54) is 10.4 Å². The zero-order valence-electron chi connectivity index (χ0n) is 18.7. The van der Waals surface area contributed by atoms with Crippen LogP contribution in [-0.2, 0) is 19.6 Å². The third-order valence-corrected chi connectivity index (χ3v) is 8.04. The fourth-order valence-electron chi connectivity index (χ4n) is 4.17. The van der Waals surface area contributed by atoms with E-state index in [2.05, 4.69) is 10.6 Å². The van der Waals surface area contributed by atoms with Crippen molar-refractivity contribution in [3.8, 4) is 5.75 Å². The van der Waals surface area contributed by atoms with Crippen LogP contribution in [0.4, 0.5) is 20.2 Å². The number of amides is 2. The van der Waals surface area contributed by atoms with Gasteiger partial charge in [-0.1, -0.05) is 6.92 Å². The monoisotopic (exact) mass is 493 g/mol. The SMILES string of the molecule is CC[C@@H]1Oc2cc(S(=O)(=O)N3CCC[C@@H](C(=O)Nc4ccc(F)cc4F)C3)c(C)cc2NC1=O. The first-order valence-corrected chi connectivity index (χ1v) is 12.4. The van der Waals surface area contributed by atoms with Crippen LogP contribution in [0.15, 0.2) is 35.2 Å². The lowest BCUT2D eigenvalue weighted by molar-refractivity contribution is -0.123. The summed E-state index contributed by atoms with van der Waals surface area (Å²) in [4.78, 5) is 24.8. The summed E-state index contributed by atoms with van der Waals surface area (Å²) >= 11 is 0. The maximum Gasteiger partial charge on any atom is 0.265 e. The summed E-state index contributed by atoms with van der Waals surface area (Å²) in [6.45, 7) is 3.56. The van der Waals surface area contributed by atoms with Gasteiger partial charge in [-0.3, -0.25) is 9.59 Å². The number of hydrogen-bond donors (Lipinski definition) is 2. The number of sulfonamides is 1. The van der Waals surface area contributed by atoms with Gasteiger partial charge in [0.2, 0.25) is 15.9 Å². The van der Waals surface area contributed by atoms with Crippen LogP contribution in [0.2, 0.25) is 0 Å². The Labute approximate surface area is 196 Å². The predicted molar refractivity (Wildman–Crippen MR) is 121 cm³/mol. The number of nitrogens with zero attached hydrogens (tertiary/aromatic N) is 1. The van der Waals surface area contributed by atoms with E-state index in [0.29, 0.717) is 36.6 Å². The van der Waals surface area contributed by atoms with Crippen molar-refractivity contribution in [2.24, 2.45) is 5.92 Å². The molecule has 2 aromatic carbocycles. The third-order valence-electron chi connectivity index (χ3n) is 6.03. The van der Waals surface area contributed by atoms with E-state index in [0.717, 1.165) is 12.1 Å². The zero-order valence-corrected chi connectivity index (χ0v) is 19.5. The van der Waals surface area contributed by atoms with E-state index in [-0.39, 0.29) is 35.3 Å². The minimum atomic E-state index is -3.98. The van der Waals surface area contributed by atoms with Gasteiger partial charge in [0.25, 0.3) is 5.91 Å². The average Bonchev–Trinajstić information content (AvgIpc) is 2.80. The molecule has 0 aliphatic carbocycles. The summed E-state index contributed by atoms with van der Waals surface area (Å²) in [7, 11) is -3.98. The van der Waals surface area contributed by atoms with Crippen LogP contribution in [-0.4, -0.2) is 43.7 Å². The molecule has 1 fully saturated rings. The first-order valence-electron chi connectivity index (χ1n) is 11.0. The molecule has 2 N–H and O–H groups in total. The molecular formula is C23H25F2N3O5S. The van der Waals surface area contributed by atoms with Gasteiger partial charge >= 0.3 is 0 Å². The van der Waals surface area contributed by atoms with Gasteiger partial charge < -0.3 is 15.4 Å². The summed E-state index contributed by atoms with van der Waals surface area (Å²) in [6.07, 6.45) is 0.592. The fraction of sp³-hybridized carbons (Fsp3) is 0.391. The largest absolute Gasteiger partial charge is 0.478 e. The summed E-state index contributed by atoms with van der Waals surface area (Å²) in [5.41, 5.74) is 0.669. The van der Waals surface area contributed by atoms with Crippen LogP contribution in [0.25, 0.3) is 0 Å². The molecule has 0 spiro atoms. The van der Waals surface area contributed by atoms with Crippen LogP contribution in [0.5, 0.6) is 5.75 Å². The van der Waals surface area contributed by atoms with Gasteiger partial charge in [0, 0.05) is 25.2 Å². The van der Waals surface area contributed by atoms with Crippen molar-refractivity contribution in [1.82, 2.24) is 4.31 Å². The number of carbonyl (C=O) groups is 2. The number of anilines is 2. The number of nitrogens with one attached hydrogen (secondary N) is 2. The zero-order chi connectivity index (χ0) is 24.6. The second kappa shape index (κ2) is 9.30. The van der Waals surface area contributed by atoms with Gasteiger partial charge in [0.05, 0.1) is 22.2 Å². The number of piperidine rings is 1. The number of halogens is 2. The fourth-order valence-corrected chi connectivity index (χ4v) is 5.92.